The lowest BCUT2D eigenvalue weighted by Crippen LogP contribution is -2.38. The standard InChI is InChI=1S/C26H30N2O6S/c1-6-34-23-10-8-7-9-22(23)27-26(29)17-28(20-14-18(2)13-19(3)15-20)35(30,31)21-11-12-24(32-4)25(16-21)33-5/h7-16H,6,17H2,1-5H3,(H,27,29). The molecule has 0 atom stereocenters. The van der Waals surface area contributed by atoms with Crippen LogP contribution in [0.3, 0.4) is 0 Å². The van der Waals surface area contributed by atoms with Crippen molar-refractivity contribution < 1.29 is 27.4 Å². The summed E-state index contributed by atoms with van der Waals surface area (Å²) >= 11 is 0. The predicted molar refractivity (Wildman–Crippen MR) is 136 cm³/mol. The molecule has 0 heterocycles. The van der Waals surface area contributed by atoms with Gasteiger partial charge in [0.05, 0.1) is 37.1 Å². The van der Waals surface area contributed by atoms with Crippen LogP contribution in [0.25, 0.3) is 0 Å². The maximum absolute atomic E-state index is 13.8. The summed E-state index contributed by atoms with van der Waals surface area (Å²) in [5.74, 6) is 0.656. The van der Waals surface area contributed by atoms with Crippen molar-refractivity contribution in [2.24, 2.45) is 0 Å². The fraction of sp³-hybridized carbons (Fsp3) is 0.269. The highest BCUT2D eigenvalue weighted by Crippen LogP contribution is 2.33. The summed E-state index contributed by atoms with van der Waals surface area (Å²) in [6.45, 7) is 5.57. The number of rotatable bonds is 10. The molecule has 0 saturated carbocycles. The van der Waals surface area contributed by atoms with Crippen LogP contribution in [0.1, 0.15) is 18.1 Å². The van der Waals surface area contributed by atoms with Crippen LogP contribution in [-0.2, 0) is 14.8 Å². The lowest BCUT2D eigenvalue weighted by molar-refractivity contribution is -0.114. The Kier molecular flexibility index (Phi) is 8.24. The number of amides is 1. The first-order valence-electron chi connectivity index (χ1n) is 11.0. The Labute approximate surface area is 206 Å². The van der Waals surface area contributed by atoms with Crippen LogP contribution in [0.2, 0.25) is 0 Å². The highest BCUT2D eigenvalue weighted by atomic mass is 32.2. The fourth-order valence-corrected chi connectivity index (χ4v) is 5.11. The van der Waals surface area contributed by atoms with Crippen LogP contribution in [0.4, 0.5) is 11.4 Å². The van der Waals surface area contributed by atoms with Crippen molar-refractivity contribution in [2.45, 2.75) is 25.7 Å². The molecule has 1 amide bonds. The molecule has 0 aliphatic carbocycles. The monoisotopic (exact) mass is 498 g/mol. The molecule has 0 unspecified atom stereocenters. The molecule has 0 spiro atoms. The topological polar surface area (TPSA) is 94.2 Å². The van der Waals surface area contributed by atoms with Crippen molar-refractivity contribution in [3.63, 3.8) is 0 Å². The van der Waals surface area contributed by atoms with E-state index in [9.17, 15) is 13.2 Å². The number of nitrogens with zero attached hydrogens (tertiary/aromatic N) is 1. The smallest absolute Gasteiger partial charge is 0.264 e. The van der Waals surface area contributed by atoms with Crippen LogP contribution in [-0.4, -0.2) is 41.7 Å². The van der Waals surface area contributed by atoms with Gasteiger partial charge in [-0.25, -0.2) is 8.42 Å². The number of sulfonamides is 1. The van der Waals surface area contributed by atoms with E-state index in [1.165, 1.54) is 32.4 Å². The summed E-state index contributed by atoms with van der Waals surface area (Å²) in [4.78, 5) is 13.1. The van der Waals surface area contributed by atoms with Gasteiger partial charge in [0.2, 0.25) is 5.91 Å². The third-order valence-electron chi connectivity index (χ3n) is 5.19. The van der Waals surface area contributed by atoms with Crippen molar-refractivity contribution in [1.29, 1.82) is 0 Å². The summed E-state index contributed by atoms with van der Waals surface area (Å²) in [5.41, 5.74) is 2.58. The summed E-state index contributed by atoms with van der Waals surface area (Å²) in [6.07, 6.45) is 0. The van der Waals surface area contributed by atoms with Gasteiger partial charge in [0, 0.05) is 6.07 Å². The number of carbonyl (C=O) groups excluding carboxylic acids is 1. The van der Waals surface area contributed by atoms with E-state index < -0.39 is 22.5 Å². The van der Waals surface area contributed by atoms with Gasteiger partial charge in [-0.3, -0.25) is 9.10 Å². The van der Waals surface area contributed by atoms with Gasteiger partial charge in [0.15, 0.2) is 11.5 Å². The van der Waals surface area contributed by atoms with Gasteiger partial charge in [-0.2, -0.15) is 0 Å². The van der Waals surface area contributed by atoms with Crippen molar-refractivity contribution in [2.75, 3.05) is 37.0 Å². The molecule has 0 fully saturated rings. The Hall–Kier alpha value is -3.72. The number of benzene rings is 3. The van der Waals surface area contributed by atoms with Gasteiger partial charge in [0.25, 0.3) is 10.0 Å². The Morgan fingerprint density at radius 2 is 1.54 bits per heavy atom. The quantitative estimate of drug-likeness (QED) is 0.441. The number of carbonyl (C=O) groups is 1. The second kappa shape index (κ2) is 11.1. The number of para-hydroxylation sites is 2. The van der Waals surface area contributed by atoms with Gasteiger partial charge in [0.1, 0.15) is 12.3 Å². The van der Waals surface area contributed by atoms with Crippen LogP contribution < -0.4 is 23.8 Å². The Morgan fingerprint density at radius 3 is 2.17 bits per heavy atom. The Balaban J connectivity index is 2.03. The van der Waals surface area contributed by atoms with E-state index in [4.69, 9.17) is 14.2 Å². The number of methoxy groups -OCH3 is 2. The third kappa shape index (κ3) is 6.05. The predicted octanol–water partition coefficient (Wildman–Crippen LogP) is 4.55. The zero-order valence-corrected chi connectivity index (χ0v) is 21.3. The van der Waals surface area contributed by atoms with Gasteiger partial charge < -0.3 is 19.5 Å². The van der Waals surface area contributed by atoms with Crippen molar-refractivity contribution in [1.82, 2.24) is 0 Å². The first-order chi connectivity index (χ1) is 16.7. The average molecular weight is 499 g/mol. The molecular weight excluding hydrogens is 468 g/mol. The second-order valence-corrected chi connectivity index (χ2v) is 9.71. The SMILES string of the molecule is CCOc1ccccc1NC(=O)CN(c1cc(C)cc(C)c1)S(=O)(=O)c1ccc(OC)c(OC)c1. The molecule has 0 aromatic heterocycles. The average Bonchev–Trinajstić information content (AvgIpc) is 2.82. The summed E-state index contributed by atoms with van der Waals surface area (Å²) in [6, 6.07) is 16.7. The van der Waals surface area contributed by atoms with E-state index in [0.717, 1.165) is 15.4 Å². The van der Waals surface area contributed by atoms with Crippen molar-refractivity contribution in [3.8, 4) is 17.2 Å². The largest absolute Gasteiger partial charge is 0.493 e. The highest BCUT2D eigenvalue weighted by molar-refractivity contribution is 7.92. The van der Waals surface area contributed by atoms with Crippen LogP contribution in [0, 0.1) is 13.8 Å². The number of hydrogen-bond donors (Lipinski definition) is 1. The fourth-order valence-electron chi connectivity index (χ4n) is 3.69. The van der Waals surface area contributed by atoms with Crippen molar-refractivity contribution in [3.05, 3.63) is 71.8 Å². The summed E-state index contributed by atoms with van der Waals surface area (Å²) < 4.78 is 44.8. The maximum Gasteiger partial charge on any atom is 0.264 e. The number of aryl methyl sites for hydroxylation is 2. The van der Waals surface area contributed by atoms with E-state index >= 15 is 0 Å². The van der Waals surface area contributed by atoms with E-state index in [1.54, 1.807) is 36.4 Å². The third-order valence-corrected chi connectivity index (χ3v) is 6.96. The Morgan fingerprint density at radius 1 is 0.886 bits per heavy atom. The minimum atomic E-state index is -4.15. The van der Waals surface area contributed by atoms with Crippen LogP contribution in [0.5, 0.6) is 17.2 Å². The molecule has 0 saturated heterocycles. The normalized spacial score (nSPS) is 11.0. The van der Waals surface area contributed by atoms with E-state index in [0.29, 0.717) is 29.5 Å². The molecule has 3 rings (SSSR count). The lowest BCUT2D eigenvalue weighted by Gasteiger charge is -2.25. The second-order valence-electron chi connectivity index (χ2n) is 7.85. The number of nitrogens with one attached hydrogen (secondary N) is 1. The van der Waals surface area contributed by atoms with Gasteiger partial charge in [-0.1, -0.05) is 18.2 Å². The minimum absolute atomic E-state index is 0.0307. The van der Waals surface area contributed by atoms with Crippen LogP contribution >= 0.6 is 0 Å². The molecule has 9 heteroatoms. The zero-order chi connectivity index (χ0) is 25.6. The van der Waals surface area contributed by atoms with E-state index in [1.807, 2.05) is 26.8 Å². The molecule has 0 aliphatic rings. The first kappa shape index (κ1) is 25.9. The first-order valence-corrected chi connectivity index (χ1v) is 12.5. The summed E-state index contributed by atoms with van der Waals surface area (Å²) in [5, 5.41) is 2.77. The van der Waals surface area contributed by atoms with Gasteiger partial charge in [-0.15, -0.1) is 0 Å². The van der Waals surface area contributed by atoms with Crippen molar-refractivity contribution >= 4 is 27.3 Å². The number of ether oxygens (including phenoxy) is 3. The molecule has 3 aromatic carbocycles. The molecule has 0 aliphatic heterocycles. The van der Waals surface area contributed by atoms with Gasteiger partial charge >= 0.3 is 0 Å². The number of hydrogen-bond acceptors (Lipinski definition) is 6. The van der Waals surface area contributed by atoms with Crippen LogP contribution in [0.15, 0.2) is 65.6 Å². The van der Waals surface area contributed by atoms with E-state index in [-0.39, 0.29) is 10.6 Å². The van der Waals surface area contributed by atoms with E-state index in [2.05, 4.69) is 5.32 Å². The summed E-state index contributed by atoms with van der Waals surface area (Å²) in [7, 11) is -1.25. The molecular formula is C26H30N2O6S. The highest BCUT2D eigenvalue weighted by Gasteiger charge is 2.29. The zero-order valence-electron chi connectivity index (χ0n) is 20.5. The molecule has 1 N–H and O–H groups in total. The number of anilines is 2. The molecule has 3 aromatic rings. The minimum Gasteiger partial charge on any atom is -0.493 e. The molecule has 8 nitrogen and oxygen atoms in total. The maximum atomic E-state index is 13.8. The lowest BCUT2D eigenvalue weighted by atomic mass is 10.1. The molecule has 35 heavy (non-hydrogen) atoms. The Bertz CT molecular complexity index is 1290. The molecule has 0 bridgehead atoms. The molecule has 186 valence electrons. The molecule has 0 radical (unpaired) electrons. The van der Waals surface area contributed by atoms with Gasteiger partial charge in [-0.05, 0) is 68.3 Å².